The number of sulfonamides is 1. The summed E-state index contributed by atoms with van der Waals surface area (Å²) in [7, 11) is -4.04. The number of aryl methyl sites for hydroxylation is 1. The van der Waals surface area contributed by atoms with E-state index in [0.717, 1.165) is 12.1 Å². The number of nitrogens with one attached hydrogen (secondary N) is 1. The fraction of sp³-hybridized carbons (Fsp3) is 0.250. The molecule has 11 heteroatoms. The van der Waals surface area contributed by atoms with Gasteiger partial charge >= 0.3 is 0 Å². The van der Waals surface area contributed by atoms with Crippen molar-refractivity contribution in [2.24, 2.45) is 5.92 Å². The SMILES string of the molecule is Cc1noc(C=Cc2ccc(F)cc2F)c1S(=O)(=O)N1CCC(C(=O)Nc2ccccc2F)CC1. The van der Waals surface area contributed by atoms with Gasteiger partial charge in [0.1, 0.15) is 23.1 Å². The number of halogens is 3. The van der Waals surface area contributed by atoms with Crippen LogP contribution in [0.2, 0.25) is 0 Å². The molecule has 0 aliphatic carbocycles. The Morgan fingerprint density at radius 3 is 2.49 bits per heavy atom. The summed E-state index contributed by atoms with van der Waals surface area (Å²) >= 11 is 0. The van der Waals surface area contributed by atoms with Gasteiger partial charge < -0.3 is 9.84 Å². The molecule has 1 aliphatic heterocycles. The molecule has 4 rings (SSSR count). The minimum Gasteiger partial charge on any atom is -0.355 e. The lowest BCUT2D eigenvalue weighted by Gasteiger charge is -2.30. The molecule has 1 aliphatic rings. The van der Waals surface area contributed by atoms with Crippen LogP contribution in [0.5, 0.6) is 0 Å². The highest BCUT2D eigenvalue weighted by Crippen LogP contribution is 2.30. The highest BCUT2D eigenvalue weighted by molar-refractivity contribution is 7.89. The second kappa shape index (κ2) is 10.0. The van der Waals surface area contributed by atoms with Crippen molar-refractivity contribution in [2.75, 3.05) is 18.4 Å². The number of amides is 1. The largest absolute Gasteiger partial charge is 0.355 e. The second-order valence-corrected chi connectivity index (χ2v) is 9.98. The molecular formula is C24H22F3N3O4S. The molecule has 3 aromatic rings. The molecule has 0 saturated carbocycles. The summed E-state index contributed by atoms with van der Waals surface area (Å²) in [4.78, 5) is 12.4. The van der Waals surface area contributed by atoms with Gasteiger partial charge in [-0.25, -0.2) is 21.6 Å². The zero-order chi connectivity index (χ0) is 25.2. The Labute approximate surface area is 200 Å². The third-order valence-corrected chi connectivity index (χ3v) is 7.82. The Morgan fingerprint density at radius 1 is 1.09 bits per heavy atom. The average molecular weight is 506 g/mol. The van der Waals surface area contributed by atoms with Crippen LogP contribution in [0.4, 0.5) is 18.9 Å². The second-order valence-electron chi connectivity index (χ2n) is 8.11. The fourth-order valence-corrected chi connectivity index (χ4v) is 5.61. The van der Waals surface area contributed by atoms with Gasteiger partial charge in [0.2, 0.25) is 15.9 Å². The van der Waals surface area contributed by atoms with Crippen LogP contribution in [0.25, 0.3) is 12.2 Å². The lowest BCUT2D eigenvalue weighted by molar-refractivity contribution is -0.120. The van der Waals surface area contributed by atoms with E-state index in [-0.39, 0.29) is 59.4 Å². The molecule has 1 saturated heterocycles. The number of carbonyl (C=O) groups excluding carboxylic acids is 1. The van der Waals surface area contributed by atoms with E-state index in [0.29, 0.717) is 0 Å². The van der Waals surface area contributed by atoms with Crippen LogP contribution in [0.1, 0.15) is 29.9 Å². The molecule has 0 spiro atoms. The smallest absolute Gasteiger partial charge is 0.248 e. The van der Waals surface area contributed by atoms with Crippen molar-refractivity contribution in [3.05, 3.63) is 76.9 Å². The minimum atomic E-state index is -4.04. The van der Waals surface area contributed by atoms with E-state index in [2.05, 4.69) is 10.5 Å². The van der Waals surface area contributed by atoms with Crippen LogP contribution >= 0.6 is 0 Å². The maximum absolute atomic E-state index is 13.9. The molecule has 0 atom stereocenters. The predicted molar refractivity (Wildman–Crippen MR) is 123 cm³/mol. The van der Waals surface area contributed by atoms with Crippen molar-refractivity contribution in [3.63, 3.8) is 0 Å². The van der Waals surface area contributed by atoms with Crippen molar-refractivity contribution >= 4 is 33.8 Å². The van der Waals surface area contributed by atoms with E-state index in [1.807, 2.05) is 0 Å². The van der Waals surface area contributed by atoms with E-state index in [9.17, 15) is 26.4 Å². The molecule has 1 fully saturated rings. The molecule has 35 heavy (non-hydrogen) atoms. The summed E-state index contributed by atoms with van der Waals surface area (Å²) in [5.74, 6) is -3.04. The zero-order valence-electron chi connectivity index (χ0n) is 18.7. The van der Waals surface area contributed by atoms with Gasteiger partial charge in [-0.2, -0.15) is 4.31 Å². The van der Waals surface area contributed by atoms with Crippen molar-refractivity contribution in [2.45, 2.75) is 24.7 Å². The lowest BCUT2D eigenvalue weighted by Crippen LogP contribution is -2.41. The van der Waals surface area contributed by atoms with Crippen molar-refractivity contribution in [1.82, 2.24) is 9.46 Å². The first-order valence-electron chi connectivity index (χ1n) is 10.8. The Hall–Kier alpha value is -3.44. The number of nitrogens with zero attached hydrogens (tertiary/aromatic N) is 2. The van der Waals surface area contributed by atoms with Gasteiger partial charge in [-0.1, -0.05) is 17.3 Å². The summed E-state index contributed by atoms with van der Waals surface area (Å²) in [5.41, 5.74) is 0.246. The monoisotopic (exact) mass is 505 g/mol. The number of carbonyl (C=O) groups is 1. The van der Waals surface area contributed by atoms with Crippen LogP contribution in [0.15, 0.2) is 51.9 Å². The molecular weight excluding hydrogens is 483 g/mol. The van der Waals surface area contributed by atoms with E-state index < -0.39 is 33.4 Å². The first kappa shape index (κ1) is 24.7. The third-order valence-electron chi connectivity index (χ3n) is 5.76. The summed E-state index contributed by atoms with van der Waals surface area (Å²) < 4.78 is 73.9. The number of piperidine rings is 1. The standard InChI is InChI=1S/C24H22F3N3O4S/c1-15-23(22(34-29-15)9-7-16-6-8-18(25)14-20(16)27)35(32,33)30-12-10-17(11-13-30)24(31)28-21-5-3-2-4-19(21)26/h2-9,14,17H,10-13H2,1H3,(H,28,31). The van der Waals surface area contributed by atoms with Gasteiger partial charge in [0.15, 0.2) is 10.7 Å². The molecule has 2 heterocycles. The Balaban J connectivity index is 1.47. The number of benzene rings is 2. The topological polar surface area (TPSA) is 92.5 Å². The summed E-state index contributed by atoms with van der Waals surface area (Å²) in [5, 5.41) is 6.29. The quantitative estimate of drug-likeness (QED) is 0.528. The average Bonchev–Trinajstić information content (AvgIpc) is 3.21. The van der Waals surface area contributed by atoms with E-state index in [1.54, 1.807) is 6.07 Å². The summed E-state index contributed by atoms with van der Waals surface area (Å²) in [6, 6.07) is 8.83. The molecule has 0 unspecified atom stereocenters. The van der Waals surface area contributed by atoms with Crippen molar-refractivity contribution in [1.29, 1.82) is 0 Å². The van der Waals surface area contributed by atoms with Gasteiger partial charge in [-0.3, -0.25) is 4.79 Å². The van der Waals surface area contributed by atoms with Crippen LogP contribution in [-0.4, -0.2) is 36.9 Å². The van der Waals surface area contributed by atoms with Gasteiger partial charge in [0, 0.05) is 30.6 Å². The molecule has 0 radical (unpaired) electrons. The van der Waals surface area contributed by atoms with Crippen molar-refractivity contribution in [3.8, 4) is 0 Å². The van der Waals surface area contributed by atoms with E-state index >= 15 is 0 Å². The van der Waals surface area contributed by atoms with Crippen LogP contribution in [0, 0.1) is 30.3 Å². The highest BCUT2D eigenvalue weighted by Gasteiger charge is 2.36. The van der Waals surface area contributed by atoms with Crippen molar-refractivity contribution < 1.29 is 30.9 Å². The highest BCUT2D eigenvalue weighted by atomic mass is 32.2. The van der Waals surface area contributed by atoms with Crippen LogP contribution in [-0.2, 0) is 14.8 Å². The number of anilines is 1. The fourth-order valence-electron chi connectivity index (χ4n) is 3.89. The molecule has 7 nitrogen and oxygen atoms in total. The number of hydrogen-bond donors (Lipinski definition) is 1. The zero-order valence-corrected chi connectivity index (χ0v) is 19.5. The Kier molecular flexibility index (Phi) is 7.08. The van der Waals surface area contributed by atoms with Gasteiger partial charge in [-0.05, 0) is 56.2 Å². The molecule has 2 aromatic carbocycles. The Bertz CT molecular complexity index is 1380. The first-order chi connectivity index (χ1) is 16.7. The maximum atomic E-state index is 13.9. The molecule has 184 valence electrons. The van der Waals surface area contributed by atoms with Gasteiger partial charge in [0.05, 0.1) is 5.69 Å². The Morgan fingerprint density at radius 2 is 1.80 bits per heavy atom. The number of aromatic nitrogens is 1. The molecule has 1 aromatic heterocycles. The summed E-state index contributed by atoms with van der Waals surface area (Å²) in [6.07, 6.45) is 3.02. The van der Waals surface area contributed by atoms with Gasteiger partial charge in [0.25, 0.3) is 0 Å². The van der Waals surface area contributed by atoms with Gasteiger partial charge in [-0.15, -0.1) is 0 Å². The van der Waals surface area contributed by atoms with Crippen LogP contribution < -0.4 is 5.32 Å². The lowest BCUT2D eigenvalue weighted by atomic mass is 9.97. The maximum Gasteiger partial charge on any atom is 0.248 e. The molecule has 0 bridgehead atoms. The predicted octanol–water partition coefficient (Wildman–Crippen LogP) is 4.61. The molecule has 1 amide bonds. The first-order valence-corrected chi connectivity index (χ1v) is 12.3. The minimum absolute atomic E-state index is 0.0467. The van der Waals surface area contributed by atoms with E-state index in [4.69, 9.17) is 4.52 Å². The van der Waals surface area contributed by atoms with Crippen LogP contribution in [0.3, 0.4) is 0 Å². The van der Waals surface area contributed by atoms with E-state index in [1.165, 1.54) is 47.6 Å². The third kappa shape index (κ3) is 5.30. The summed E-state index contributed by atoms with van der Waals surface area (Å²) in [6.45, 7) is 1.61. The normalized spacial score (nSPS) is 15.5. The molecule has 1 N–H and O–H groups in total. The number of hydrogen-bond acceptors (Lipinski definition) is 5. The number of rotatable bonds is 6. The number of para-hydroxylation sites is 1.